The summed E-state index contributed by atoms with van der Waals surface area (Å²) in [5.74, 6) is -3.17. The maximum Gasteiger partial charge on any atom is 0.303 e. The Hall–Kier alpha value is -2.48. The molecule has 2 saturated carbocycles. The minimum atomic E-state index is -1.37. The number of carbonyl (C=O) groups is 4. The van der Waals surface area contributed by atoms with Crippen LogP contribution in [0, 0.1) is 22.7 Å². The van der Waals surface area contributed by atoms with E-state index in [1.165, 1.54) is 20.8 Å². The Morgan fingerprint density at radius 1 is 1.00 bits per heavy atom. The van der Waals surface area contributed by atoms with Crippen LogP contribution in [0.4, 0.5) is 0 Å². The third kappa shape index (κ3) is 4.21. The van der Waals surface area contributed by atoms with Crippen LogP contribution in [0.1, 0.15) is 67.7 Å². The van der Waals surface area contributed by atoms with Gasteiger partial charge in [-0.15, -0.1) is 0 Å². The van der Waals surface area contributed by atoms with E-state index in [-0.39, 0.29) is 12.2 Å². The molecular weight excluding hydrogens is 440 g/mol. The van der Waals surface area contributed by atoms with Gasteiger partial charge in [0.2, 0.25) is 0 Å². The SMILES string of the molecule is C=C1[C@@H](OC(C)=O)CC[C@@]2(C)[C@H](O)C(=O)C3=C(C)C[C@H](OC(C)=O)[C@@H]([C@@H](OC(C)=O)[C@H]12)C3(C)C. The third-order valence-corrected chi connectivity index (χ3v) is 8.01. The van der Waals surface area contributed by atoms with Gasteiger partial charge in [-0.25, -0.2) is 0 Å². The molecule has 0 saturated heterocycles. The van der Waals surface area contributed by atoms with Crippen molar-refractivity contribution < 1.29 is 38.5 Å². The summed E-state index contributed by atoms with van der Waals surface area (Å²) >= 11 is 0. The van der Waals surface area contributed by atoms with Crippen LogP contribution in [0.2, 0.25) is 0 Å². The predicted molar refractivity (Wildman–Crippen MR) is 122 cm³/mol. The van der Waals surface area contributed by atoms with Gasteiger partial charge in [0.05, 0.1) is 0 Å². The summed E-state index contributed by atoms with van der Waals surface area (Å²) < 4.78 is 17.2. The first-order valence-electron chi connectivity index (χ1n) is 11.8. The number of Topliss-reactive ketones (excluding diaryl/α,β-unsaturated/α-hetero) is 1. The van der Waals surface area contributed by atoms with E-state index in [9.17, 15) is 24.3 Å². The smallest absolute Gasteiger partial charge is 0.303 e. The van der Waals surface area contributed by atoms with Crippen molar-refractivity contribution >= 4 is 23.7 Å². The van der Waals surface area contributed by atoms with Gasteiger partial charge in [-0.2, -0.15) is 0 Å². The lowest BCUT2D eigenvalue weighted by atomic mass is 9.49. The van der Waals surface area contributed by atoms with Crippen molar-refractivity contribution in [3.63, 3.8) is 0 Å². The van der Waals surface area contributed by atoms with Crippen LogP contribution < -0.4 is 0 Å². The average molecular weight is 477 g/mol. The van der Waals surface area contributed by atoms with Gasteiger partial charge in [0, 0.05) is 55.4 Å². The van der Waals surface area contributed by atoms with E-state index < -0.39 is 65.0 Å². The second-order valence-corrected chi connectivity index (χ2v) is 10.8. The molecule has 8 nitrogen and oxygen atoms in total. The Labute approximate surface area is 200 Å². The van der Waals surface area contributed by atoms with Crippen molar-refractivity contribution in [3.8, 4) is 0 Å². The van der Waals surface area contributed by atoms with E-state index in [0.29, 0.717) is 24.0 Å². The second-order valence-electron chi connectivity index (χ2n) is 10.8. The van der Waals surface area contributed by atoms with Crippen LogP contribution in [-0.2, 0) is 33.4 Å². The largest absolute Gasteiger partial charge is 0.462 e. The molecule has 3 rings (SSSR count). The fraction of sp³-hybridized carbons (Fsp3) is 0.692. The quantitative estimate of drug-likeness (QED) is 0.375. The van der Waals surface area contributed by atoms with Crippen LogP contribution in [-0.4, -0.2) is 53.2 Å². The molecule has 188 valence electrons. The highest BCUT2D eigenvalue weighted by Gasteiger charge is 2.63. The minimum absolute atomic E-state index is 0.280. The number of hydrogen-bond donors (Lipinski definition) is 1. The lowest BCUT2D eigenvalue weighted by Crippen LogP contribution is -2.63. The van der Waals surface area contributed by atoms with E-state index in [2.05, 4.69) is 6.58 Å². The lowest BCUT2D eigenvalue weighted by molar-refractivity contribution is -0.189. The van der Waals surface area contributed by atoms with Gasteiger partial charge < -0.3 is 19.3 Å². The molecule has 2 bridgehead atoms. The van der Waals surface area contributed by atoms with Crippen molar-refractivity contribution in [2.75, 3.05) is 0 Å². The minimum Gasteiger partial charge on any atom is -0.462 e. The molecule has 2 fully saturated rings. The molecule has 34 heavy (non-hydrogen) atoms. The number of fused-ring (bicyclic) bond motifs is 3. The van der Waals surface area contributed by atoms with Gasteiger partial charge in [0.1, 0.15) is 24.4 Å². The lowest BCUT2D eigenvalue weighted by Gasteiger charge is -2.58. The Bertz CT molecular complexity index is 960. The maximum absolute atomic E-state index is 13.8. The zero-order valence-electron chi connectivity index (χ0n) is 21.1. The normalized spacial score (nSPS) is 37.2. The number of hydrogen-bond acceptors (Lipinski definition) is 8. The first-order valence-corrected chi connectivity index (χ1v) is 11.8. The van der Waals surface area contributed by atoms with Crippen molar-refractivity contribution in [1.82, 2.24) is 0 Å². The fourth-order valence-electron chi connectivity index (χ4n) is 6.80. The van der Waals surface area contributed by atoms with Crippen LogP contribution in [0.15, 0.2) is 23.3 Å². The maximum atomic E-state index is 13.8. The molecule has 0 aliphatic heterocycles. The second kappa shape index (κ2) is 8.95. The van der Waals surface area contributed by atoms with E-state index in [1.807, 2.05) is 20.8 Å². The van der Waals surface area contributed by atoms with Gasteiger partial charge in [-0.1, -0.05) is 32.9 Å². The molecule has 0 radical (unpaired) electrons. The number of ketones is 1. The Kier molecular flexibility index (Phi) is 6.88. The number of carbonyl (C=O) groups excluding carboxylic acids is 4. The first kappa shape index (κ1) is 26.1. The molecule has 3 aliphatic carbocycles. The van der Waals surface area contributed by atoms with Crippen molar-refractivity contribution in [1.29, 1.82) is 0 Å². The number of rotatable bonds is 3. The summed E-state index contributed by atoms with van der Waals surface area (Å²) in [4.78, 5) is 50.0. The summed E-state index contributed by atoms with van der Waals surface area (Å²) in [5, 5.41) is 11.5. The van der Waals surface area contributed by atoms with E-state index in [4.69, 9.17) is 14.2 Å². The van der Waals surface area contributed by atoms with Gasteiger partial charge >= 0.3 is 17.9 Å². The summed E-state index contributed by atoms with van der Waals surface area (Å²) in [5.41, 5.74) is -0.223. The van der Waals surface area contributed by atoms with Crippen LogP contribution in [0.5, 0.6) is 0 Å². The molecule has 8 heteroatoms. The molecule has 0 unspecified atom stereocenters. The van der Waals surface area contributed by atoms with Crippen LogP contribution in [0.3, 0.4) is 0 Å². The molecular formula is C26H36O8. The van der Waals surface area contributed by atoms with Crippen molar-refractivity contribution in [3.05, 3.63) is 23.3 Å². The highest BCUT2D eigenvalue weighted by molar-refractivity contribution is 6.01. The summed E-state index contributed by atoms with van der Waals surface area (Å²) in [7, 11) is 0. The Morgan fingerprint density at radius 2 is 1.56 bits per heavy atom. The molecule has 0 heterocycles. The molecule has 0 amide bonds. The number of aliphatic hydroxyl groups excluding tert-OH is 1. The van der Waals surface area contributed by atoms with Crippen LogP contribution in [0.25, 0.3) is 0 Å². The van der Waals surface area contributed by atoms with Crippen molar-refractivity contribution in [2.45, 2.75) is 92.1 Å². The first-order chi connectivity index (χ1) is 15.6. The van der Waals surface area contributed by atoms with Gasteiger partial charge in [-0.05, 0) is 25.3 Å². The Balaban J connectivity index is 2.30. The van der Waals surface area contributed by atoms with Gasteiger partial charge in [0.15, 0.2) is 5.78 Å². The summed E-state index contributed by atoms with van der Waals surface area (Å²) in [6, 6.07) is 0. The van der Waals surface area contributed by atoms with E-state index >= 15 is 0 Å². The number of aliphatic hydroxyl groups is 1. The van der Waals surface area contributed by atoms with Crippen LogP contribution >= 0.6 is 0 Å². The Morgan fingerprint density at radius 3 is 2.09 bits per heavy atom. The monoisotopic (exact) mass is 476 g/mol. The zero-order chi connectivity index (χ0) is 25.7. The van der Waals surface area contributed by atoms with E-state index in [1.54, 1.807) is 6.92 Å². The molecule has 0 aromatic heterocycles. The summed E-state index contributed by atoms with van der Waals surface area (Å²) in [6.45, 7) is 15.4. The van der Waals surface area contributed by atoms with E-state index in [0.717, 1.165) is 5.57 Å². The summed E-state index contributed by atoms with van der Waals surface area (Å²) in [6.07, 6.45) is -2.55. The highest BCUT2D eigenvalue weighted by atomic mass is 16.6. The fourth-order valence-corrected chi connectivity index (χ4v) is 6.80. The highest BCUT2D eigenvalue weighted by Crippen LogP contribution is 2.59. The molecule has 0 spiro atoms. The third-order valence-electron chi connectivity index (χ3n) is 8.01. The molecule has 0 aromatic rings. The van der Waals surface area contributed by atoms with Crippen molar-refractivity contribution in [2.24, 2.45) is 22.7 Å². The molecule has 3 aliphatic rings. The van der Waals surface area contributed by atoms with Gasteiger partial charge in [-0.3, -0.25) is 19.2 Å². The number of esters is 3. The molecule has 0 aromatic carbocycles. The topological polar surface area (TPSA) is 116 Å². The standard InChI is InChI=1S/C26H36O8/c1-12-11-18(33-15(4)28)21-23(34-16(5)29)20-13(2)17(32-14(3)27)9-10-26(20,8)24(31)22(30)19(12)25(21,6)7/h17-18,20-21,23-24,31H,2,9-11H2,1,3-8H3/t17-,18-,20-,21-,23-,24+,26+/m0/s1. The number of ether oxygens (including phenoxy) is 3. The average Bonchev–Trinajstić information content (AvgIpc) is 2.66. The predicted octanol–water partition coefficient (Wildman–Crippen LogP) is 3.06. The zero-order valence-corrected chi connectivity index (χ0v) is 21.1. The molecule has 1 N–H and O–H groups in total. The molecule has 7 atom stereocenters. The van der Waals surface area contributed by atoms with Gasteiger partial charge in [0.25, 0.3) is 0 Å².